The maximum atomic E-state index is 14.3. The molecule has 1 saturated heterocycles. The van der Waals surface area contributed by atoms with Crippen molar-refractivity contribution in [2.24, 2.45) is 0 Å². The predicted octanol–water partition coefficient (Wildman–Crippen LogP) is 5.92. The van der Waals surface area contributed by atoms with E-state index < -0.39 is 5.82 Å². The van der Waals surface area contributed by atoms with Crippen LogP contribution in [0.2, 0.25) is 0 Å². The van der Waals surface area contributed by atoms with Crippen LogP contribution in [0.15, 0.2) is 66.7 Å². The first-order valence-electron chi connectivity index (χ1n) is 12.3. The molecule has 186 valence electrons. The number of para-hydroxylation sites is 2. The van der Waals surface area contributed by atoms with E-state index in [0.717, 1.165) is 47.0 Å². The SMILES string of the molecule is Cc1cccc(F)c1NC(=O)c1cc2c(s1)-c1ccccc1N(C(=O)c1cccc(N3CCC3)n1)CC2. The molecule has 8 heteroatoms. The van der Waals surface area contributed by atoms with Gasteiger partial charge in [0.05, 0.1) is 16.3 Å². The Bertz CT molecular complexity index is 1510. The summed E-state index contributed by atoms with van der Waals surface area (Å²) in [6, 6.07) is 19.9. The Balaban J connectivity index is 1.31. The lowest BCUT2D eigenvalue weighted by Crippen LogP contribution is -2.38. The number of halogens is 1. The third-order valence-corrected chi connectivity index (χ3v) is 8.13. The van der Waals surface area contributed by atoms with Gasteiger partial charge in [-0.25, -0.2) is 9.37 Å². The molecule has 0 radical (unpaired) electrons. The Kier molecular flexibility index (Phi) is 5.96. The van der Waals surface area contributed by atoms with Gasteiger partial charge in [0, 0.05) is 30.1 Å². The van der Waals surface area contributed by atoms with Gasteiger partial charge in [-0.3, -0.25) is 9.59 Å². The lowest BCUT2D eigenvalue weighted by Gasteiger charge is -2.32. The van der Waals surface area contributed by atoms with Gasteiger partial charge < -0.3 is 15.1 Å². The van der Waals surface area contributed by atoms with Crippen LogP contribution in [0.25, 0.3) is 10.4 Å². The zero-order valence-corrected chi connectivity index (χ0v) is 21.1. The van der Waals surface area contributed by atoms with E-state index >= 15 is 0 Å². The van der Waals surface area contributed by atoms with E-state index in [9.17, 15) is 14.0 Å². The smallest absolute Gasteiger partial charge is 0.276 e. The number of nitrogens with one attached hydrogen (secondary N) is 1. The minimum Gasteiger partial charge on any atom is -0.356 e. The highest BCUT2D eigenvalue weighted by Crippen LogP contribution is 2.42. The number of thiophene rings is 1. The van der Waals surface area contributed by atoms with Gasteiger partial charge in [-0.05, 0) is 61.2 Å². The van der Waals surface area contributed by atoms with Crippen LogP contribution in [-0.4, -0.2) is 36.4 Å². The molecule has 0 bridgehead atoms. The molecule has 6 nitrogen and oxygen atoms in total. The summed E-state index contributed by atoms with van der Waals surface area (Å²) in [6.07, 6.45) is 1.73. The fourth-order valence-corrected chi connectivity index (χ4v) is 5.93. The molecule has 0 atom stereocenters. The third-order valence-electron chi connectivity index (χ3n) is 6.92. The zero-order valence-electron chi connectivity index (χ0n) is 20.3. The van der Waals surface area contributed by atoms with Crippen molar-refractivity contribution >= 4 is 40.3 Å². The monoisotopic (exact) mass is 512 g/mol. The molecular weight excluding hydrogens is 487 g/mol. The highest BCUT2D eigenvalue weighted by Gasteiger charge is 2.29. The molecule has 2 aromatic carbocycles. The number of anilines is 3. The van der Waals surface area contributed by atoms with Crippen LogP contribution in [0.3, 0.4) is 0 Å². The number of benzene rings is 2. The van der Waals surface area contributed by atoms with Gasteiger partial charge in [-0.15, -0.1) is 11.3 Å². The number of nitrogens with zero attached hydrogens (tertiary/aromatic N) is 3. The molecule has 0 aliphatic carbocycles. The Morgan fingerprint density at radius 2 is 1.81 bits per heavy atom. The van der Waals surface area contributed by atoms with Gasteiger partial charge in [0.1, 0.15) is 17.3 Å². The maximum Gasteiger partial charge on any atom is 0.276 e. The van der Waals surface area contributed by atoms with Crippen molar-refractivity contribution in [3.63, 3.8) is 0 Å². The first kappa shape index (κ1) is 23.4. The number of fused-ring (bicyclic) bond motifs is 3. The van der Waals surface area contributed by atoms with Gasteiger partial charge in [0.2, 0.25) is 0 Å². The normalized spacial score (nSPS) is 14.3. The summed E-state index contributed by atoms with van der Waals surface area (Å²) < 4.78 is 14.3. The molecule has 1 fully saturated rings. The zero-order chi connectivity index (χ0) is 25.5. The molecule has 1 N–H and O–H groups in total. The number of hydrogen-bond donors (Lipinski definition) is 1. The molecule has 6 rings (SSSR count). The van der Waals surface area contributed by atoms with Crippen LogP contribution in [-0.2, 0) is 6.42 Å². The average Bonchev–Trinajstić information content (AvgIpc) is 3.23. The van der Waals surface area contributed by atoms with Crippen molar-refractivity contribution in [1.82, 2.24) is 4.98 Å². The second kappa shape index (κ2) is 9.44. The highest BCUT2D eigenvalue weighted by atomic mass is 32.1. The van der Waals surface area contributed by atoms with E-state index in [1.165, 1.54) is 17.4 Å². The predicted molar refractivity (Wildman–Crippen MR) is 145 cm³/mol. The third kappa shape index (κ3) is 4.27. The molecule has 0 spiro atoms. The number of carbonyl (C=O) groups is 2. The number of aryl methyl sites for hydroxylation is 1. The molecule has 0 unspecified atom stereocenters. The summed E-state index contributed by atoms with van der Waals surface area (Å²) in [5.74, 6) is -0.112. The Morgan fingerprint density at radius 1 is 1.00 bits per heavy atom. The van der Waals surface area contributed by atoms with Crippen LogP contribution < -0.4 is 15.1 Å². The van der Waals surface area contributed by atoms with E-state index in [-0.39, 0.29) is 17.5 Å². The van der Waals surface area contributed by atoms with E-state index in [1.54, 1.807) is 30.0 Å². The van der Waals surface area contributed by atoms with E-state index in [2.05, 4.69) is 15.2 Å². The van der Waals surface area contributed by atoms with E-state index in [4.69, 9.17) is 0 Å². The van der Waals surface area contributed by atoms with Crippen LogP contribution >= 0.6 is 11.3 Å². The fraction of sp³-hybridized carbons (Fsp3) is 0.207. The van der Waals surface area contributed by atoms with Crippen molar-refractivity contribution in [3.8, 4) is 10.4 Å². The standard InChI is InChI=1S/C29H25FN4O2S/c1-18-7-4-9-21(30)26(18)32-28(35)24-17-19-13-16-34(23-11-3-2-8-20(23)27(19)37-24)29(36)22-10-5-12-25(31-22)33-14-6-15-33/h2-5,7-12,17H,6,13-16H2,1H3,(H,32,35). The summed E-state index contributed by atoms with van der Waals surface area (Å²) in [4.78, 5) is 36.8. The molecule has 37 heavy (non-hydrogen) atoms. The summed E-state index contributed by atoms with van der Waals surface area (Å²) in [6.45, 7) is 4.15. The first-order valence-corrected chi connectivity index (χ1v) is 13.1. The minimum atomic E-state index is -0.460. The van der Waals surface area contributed by atoms with Gasteiger partial charge in [0.15, 0.2) is 0 Å². The quantitative estimate of drug-likeness (QED) is 0.369. The molecule has 2 amide bonds. The highest BCUT2D eigenvalue weighted by molar-refractivity contribution is 7.17. The Labute approximate surface area is 218 Å². The largest absolute Gasteiger partial charge is 0.356 e. The van der Waals surface area contributed by atoms with Crippen LogP contribution in [0.4, 0.5) is 21.6 Å². The summed E-state index contributed by atoms with van der Waals surface area (Å²) >= 11 is 1.36. The Hall–Kier alpha value is -4.04. The van der Waals surface area contributed by atoms with Crippen molar-refractivity contribution in [2.75, 3.05) is 34.8 Å². The second-order valence-electron chi connectivity index (χ2n) is 9.30. The number of aromatic nitrogens is 1. The van der Waals surface area contributed by atoms with Gasteiger partial charge in [-0.2, -0.15) is 0 Å². The Morgan fingerprint density at radius 3 is 2.59 bits per heavy atom. The summed E-state index contributed by atoms with van der Waals surface area (Å²) in [5.41, 5.74) is 3.96. The van der Waals surface area contributed by atoms with Gasteiger partial charge >= 0.3 is 0 Å². The van der Waals surface area contributed by atoms with Crippen molar-refractivity contribution < 1.29 is 14.0 Å². The summed E-state index contributed by atoms with van der Waals surface area (Å²) in [5, 5.41) is 2.74. The molecule has 4 heterocycles. The number of rotatable bonds is 4. The minimum absolute atomic E-state index is 0.141. The van der Waals surface area contributed by atoms with Crippen LogP contribution in [0.1, 0.15) is 37.7 Å². The van der Waals surface area contributed by atoms with Crippen molar-refractivity contribution in [2.45, 2.75) is 19.8 Å². The topological polar surface area (TPSA) is 65.5 Å². The molecule has 2 aliphatic heterocycles. The lowest BCUT2D eigenvalue weighted by molar-refractivity contribution is 0.0981. The molecule has 4 aromatic rings. The molecule has 2 aromatic heterocycles. The van der Waals surface area contributed by atoms with Crippen molar-refractivity contribution in [3.05, 3.63) is 94.2 Å². The number of carbonyl (C=O) groups excluding carboxylic acids is 2. The molecular formula is C29H25FN4O2S. The van der Waals surface area contributed by atoms with E-state index in [0.29, 0.717) is 29.1 Å². The first-order chi connectivity index (χ1) is 18.0. The number of pyridine rings is 1. The molecule has 0 saturated carbocycles. The average molecular weight is 513 g/mol. The van der Waals surface area contributed by atoms with E-state index in [1.807, 2.05) is 42.5 Å². The number of amides is 2. The van der Waals surface area contributed by atoms with Crippen LogP contribution in [0, 0.1) is 12.7 Å². The summed E-state index contributed by atoms with van der Waals surface area (Å²) in [7, 11) is 0. The fourth-order valence-electron chi connectivity index (χ4n) is 4.79. The van der Waals surface area contributed by atoms with Crippen LogP contribution in [0.5, 0.6) is 0 Å². The van der Waals surface area contributed by atoms with Gasteiger partial charge in [0.25, 0.3) is 11.8 Å². The second-order valence-corrected chi connectivity index (χ2v) is 10.3. The van der Waals surface area contributed by atoms with Gasteiger partial charge in [-0.1, -0.05) is 36.4 Å². The lowest BCUT2D eigenvalue weighted by atomic mass is 10.1. The maximum absolute atomic E-state index is 14.3. The number of hydrogen-bond acceptors (Lipinski definition) is 5. The molecule has 2 aliphatic rings. The van der Waals surface area contributed by atoms with Crippen molar-refractivity contribution in [1.29, 1.82) is 0 Å².